The van der Waals surface area contributed by atoms with Crippen LogP contribution >= 0.6 is 0 Å². The Morgan fingerprint density at radius 2 is 1.85 bits per heavy atom. The lowest BCUT2D eigenvalue weighted by molar-refractivity contribution is 0.784. The largest absolute Gasteiger partial charge is 0.385 e. The Hall–Kier alpha value is -2.27. The second kappa shape index (κ2) is 5.79. The summed E-state index contributed by atoms with van der Waals surface area (Å²) in [6, 6.07) is 17.5. The summed E-state index contributed by atoms with van der Waals surface area (Å²) in [5, 5.41) is 12.0. The minimum atomic E-state index is 0.654. The molecule has 0 bridgehead atoms. The van der Waals surface area contributed by atoms with Gasteiger partial charge in [-0.1, -0.05) is 30.3 Å². The van der Waals surface area contributed by atoms with Gasteiger partial charge in [0.2, 0.25) is 0 Å². The molecule has 0 fully saturated rings. The van der Waals surface area contributed by atoms with E-state index in [2.05, 4.69) is 53.9 Å². The van der Waals surface area contributed by atoms with Gasteiger partial charge in [0.05, 0.1) is 6.07 Å². The fourth-order valence-corrected chi connectivity index (χ4v) is 2.82. The number of hydrogen-bond donors (Lipinski definition) is 1. The first-order valence-corrected chi connectivity index (χ1v) is 7.20. The molecule has 0 aliphatic heterocycles. The normalized spacial score (nSPS) is 11.6. The predicted molar refractivity (Wildman–Crippen MR) is 82.6 cm³/mol. The highest BCUT2D eigenvalue weighted by molar-refractivity contribution is 5.78. The van der Waals surface area contributed by atoms with E-state index in [1.54, 1.807) is 0 Å². The number of nitrogens with one attached hydrogen (secondary N) is 1. The third kappa shape index (κ3) is 2.53. The van der Waals surface area contributed by atoms with Crippen LogP contribution in [-0.4, -0.2) is 6.54 Å². The average molecular weight is 262 g/mol. The first-order valence-electron chi connectivity index (χ1n) is 7.20. The highest BCUT2D eigenvalue weighted by atomic mass is 14.9. The van der Waals surface area contributed by atoms with Crippen molar-refractivity contribution in [3.05, 3.63) is 53.6 Å². The molecule has 0 saturated heterocycles. The van der Waals surface area contributed by atoms with Crippen molar-refractivity contribution in [3.8, 4) is 17.2 Å². The summed E-state index contributed by atoms with van der Waals surface area (Å²) in [5.74, 6) is 0. The number of nitriles is 1. The summed E-state index contributed by atoms with van der Waals surface area (Å²) in [6.45, 7) is 0.938. The Labute approximate surface area is 120 Å². The Kier molecular flexibility index (Phi) is 3.69. The molecule has 3 rings (SSSR count). The second-order valence-corrected chi connectivity index (χ2v) is 5.25. The molecule has 2 aromatic carbocycles. The van der Waals surface area contributed by atoms with Gasteiger partial charge in [0.15, 0.2) is 0 Å². The third-order valence-electron chi connectivity index (χ3n) is 3.84. The van der Waals surface area contributed by atoms with Crippen LogP contribution in [0.2, 0.25) is 0 Å². The number of nitrogens with zero attached hydrogens (tertiary/aromatic N) is 1. The Morgan fingerprint density at radius 3 is 2.75 bits per heavy atom. The first-order chi connectivity index (χ1) is 9.88. The van der Waals surface area contributed by atoms with E-state index in [-0.39, 0.29) is 0 Å². The summed E-state index contributed by atoms with van der Waals surface area (Å²) >= 11 is 0. The van der Waals surface area contributed by atoms with Crippen LogP contribution in [0, 0.1) is 11.3 Å². The molecule has 0 radical (unpaired) electrons. The van der Waals surface area contributed by atoms with Crippen molar-refractivity contribution in [2.24, 2.45) is 0 Å². The van der Waals surface area contributed by atoms with Crippen molar-refractivity contribution in [2.75, 3.05) is 11.9 Å². The van der Waals surface area contributed by atoms with E-state index >= 15 is 0 Å². The van der Waals surface area contributed by atoms with E-state index in [0.29, 0.717) is 6.42 Å². The summed E-state index contributed by atoms with van der Waals surface area (Å²) in [6.07, 6.45) is 3.71. The zero-order valence-corrected chi connectivity index (χ0v) is 11.5. The molecular formula is C18H18N2. The maximum atomic E-state index is 8.50. The molecule has 100 valence electrons. The summed E-state index contributed by atoms with van der Waals surface area (Å²) in [4.78, 5) is 0. The Morgan fingerprint density at radius 1 is 1.00 bits per heavy atom. The van der Waals surface area contributed by atoms with Crippen molar-refractivity contribution in [3.63, 3.8) is 0 Å². The quantitative estimate of drug-likeness (QED) is 0.693. The lowest BCUT2D eigenvalue weighted by Crippen LogP contribution is -2.01. The molecule has 0 atom stereocenters. The summed E-state index contributed by atoms with van der Waals surface area (Å²) in [5.41, 5.74) is 6.77. The molecule has 0 saturated carbocycles. The minimum absolute atomic E-state index is 0.654. The SMILES string of the molecule is N#CCCCCNc1ccc2c(c1)Cc1ccccc1-2. The van der Waals surface area contributed by atoms with Crippen LogP contribution < -0.4 is 5.32 Å². The predicted octanol–water partition coefficient (Wildman–Crippen LogP) is 4.36. The summed E-state index contributed by atoms with van der Waals surface area (Å²) in [7, 11) is 0. The Bertz CT molecular complexity index is 653. The molecule has 2 aromatic rings. The van der Waals surface area contributed by atoms with Gasteiger partial charge >= 0.3 is 0 Å². The monoisotopic (exact) mass is 262 g/mol. The van der Waals surface area contributed by atoms with Crippen LogP contribution in [0.1, 0.15) is 30.4 Å². The smallest absolute Gasteiger partial charge is 0.0621 e. The van der Waals surface area contributed by atoms with Crippen LogP contribution in [0.4, 0.5) is 5.69 Å². The first kappa shape index (κ1) is 12.7. The van der Waals surface area contributed by atoms with Crippen molar-refractivity contribution < 1.29 is 0 Å². The molecule has 0 spiro atoms. The number of fused-ring (bicyclic) bond motifs is 3. The van der Waals surface area contributed by atoms with Crippen LogP contribution in [0.3, 0.4) is 0 Å². The molecule has 2 nitrogen and oxygen atoms in total. The van der Waals surface area contributed by atoms with Gasteiger partial charge in [0, 0.05) is 18.7 Å². The lowest BCUT2D eigenvalue weighted by Gasteiger charge is -2.08. The van der Waals surface area contributed by atoms with Crippen LogP contribution in [0.5, 0.6) is 0 Å². The van der Waals surface area contributed by atoms with Crippen LogP contribution in [0.15, 0.2) is 42.5 Å². The van der Waals surface area contributed by atoms with E-state index in [9.17, 15) is 0 Å². The van der Waals surface area contributed by atoms with Crippen LogP contribution in [-0.2, 0) is 6.42 Å². The van der Waals surface area contributed by atoms with E-state index in [0.717, 1.165) is 25.8 Å². The van der Waals surface area contributed by atoms with E-state index in [1.165, 1.54) is 27.9 Å². The molecular weight excluding hydrogens is 244 g/mol. The van der Waals surface area contributed by atoms with Gasteiger partial charge in [-0.2, -0.15) is 5.26 Å². The molecule has 1 aliphatic carbocycles. The fourth-order valence-electron chi connectivity index (χ4n) is 2.82. The fraction of sp³-hybridized carbons (Fsp3) is 0.278. The number of benzene rings is 2. The maximum Gasteiger partial charge on any atom is 0.0621 e. The van der Waals surface area contributed by atoms with Gasteiger partial charge in [-0.3, -0.25) is 0 Å². The van der Waals surface area contributed by atoms with Gasteiger partial charge in [0.1, 0.15) is 0 Å². The van der Waals surface area contributed by atoms with Crippen molar-refractivity contribution in [1.29, 1.82) is 5.26 Å². The molecule has 1 N–H and O–H groups in total. The van der Waals surface area contributed by atoms with Gasteiger partial charge in [-0.15, -0.1) is 0 Å². The second-order valence-electron chi connectivity index (χ2n) is 5.25. The van der Waals surface area contributed by atoms with E-state index in [1.807, 2.05) is 0 Å². The highest BCUT2D eigenvalue weighted by Crippen LogP contribution is 2.37. The summed E-state index contributed by atoms with van der Waals surface area (Å²) < 4.78 is 0. The lowest BCUT2D eigenvalue weighted by atomic mass is 10.1. The van der Waals surface area contributed by atoms with Crippen molar-refractivity contribution in [2.45, 2.75) is 25.7 Å². The van der Waals surface area contributed by atoms with Crippen molar-refractivity contribution >= 4 is 5.69 Å². The van der Waals surface area contributed by atoms with E-state index < -0.39 is 0 Å². The van der Waals surface area contributed by atoms with Crippen LogP contribution in [0.25, 0.3) is 11.1 Å². The standard InChI is InChI=1S/C18H18N2/c19-10-4-1-5-11-20-16-8-9-18-15(13-16)12-14-6-2-3-7-17(14)18/h2-3,6-9,13,20H,1,4-5,11-12H2. The molecule has 20 heavy (non-hydrogen) atoms. The zero-order valence-electron chi connectivity index (χ0n) is 11.5. The molecule has 2 heteroatoms. The van der Waals surface area contributed by atoms with Gasteiger partial charge in [0.25, 0.3) is 0 Å². The maximum absolute atomic E-state index is 8.50. The highest BCUT2D eigenvalue weighted by Gasteiger charge is 2.17. The number of rotatable bonds is 5. The molecule has 1 aliphatic rings. The van der Waals surface area contributed by atoms with Gasteiger partial charge < -0.3 is 5.32 Å². The Balaban J connectivity index is 1.67. The average Bonchev–Trinajstić information content (AvgIpc) is 2.84. The molecule has 0 unspecified atom stereocenters. The van der Waals surface area contributed by atoms with Gasteiger partial charge in [-0.05, 0) is 53.6 Å². The minimum Gasteiger partial charge on any atom is -0.385 e. The van der Waals surface area contributed by atoms with E-state index in [4.69, 9.17) is 5.26 Å². The number of hydrogen-bond acceptors (Lipinski definition) is 2. The molecule has 0 aromatic heterocycles. The van der Waals surface area contributed by atoms with Gasteiger partial charge in [-0.25, -0.2) is 0 Å². The third-order valence-corrected chi connectivity index (χ3v) is 3.84. The van der Waals surface area contributed by atoms with Crippen molar-refractivity contribution in [1.82, 2.24) is 0 Å². The number of anilines is 1. The number of unbranched alkanes of at least 4 members (excludes halogenated alkanes) is 2. The molecule has 0 amide bonds. The molecule has 0 heterocycles. The zero-order chi connectivity index (χ0) is 13.8. The topological polar surface area (TPSA) is 35.8 Å².